The summed E-state index contributed by atoms with van der Waals surface area (Å²) in [7, 11) is 0. The van der Waals surface area contributed by atoms with Crippen molar-refractivity contribution < 1.29 is 4.39 Å². The second-order valence-corrected chi connectivity index (χ2v) is 5.80. The predicted molar refractivity (Wildman–Crippen MR) is 85.7 cm³/mol. The van der Waals surface area contributed by atoms with Crippen LogP contribution in [-0.2, 0) is 6.42 Å². The molecule has 2 aromatic rings. The first kappa shape index (κ1) is 13.9. The number of nitrogens with zero attached hydrogens (tertiary/aromatic N) is 1. The molecule has 0 saturated carbocycles. The third-order valence-electron chi connectivity index (χ3n) is 3.77. The highest BCUT2D eigenvalue weighted by molar-refractivity contribution is 7.98. The minimum atomic E-state index is -0.230. The molecule has 0 N–H and O–H groups in total. The zero-order valence-electron chi connectivity index (χ0n) is 11.7. The Bertz CT molecular complexity index is 754. The molecular weight excluding hydrogens is 281 g/mol. The Kier molecular flexibility index (Phi) is 3.81. The van der Waals surface area contributed by atoms with Gasteiger partial charge in [-0.3, -0.25) is 0 Å². The normalized spacial score (nSPS) is 12.8. The van der Waals surface area contributed by atoms with E-state index < -0.39 is 0 Å². The molecular formula is C18H14FNS. The van der Waals surface area contributed by atoms with Crippen LogP contribution in [0.15, 0.2) is 41.3 Å². The van der Waals surface area contributed by atoms with Crippen LogP contribution in [0.1, 0.15) is 23.1 Å². The van der Waals surface area contributed by atoms with Gasteiger partial charge >= 0.3 is 0 Å². The van der Waals surface area contributed by atoms with Gasteiger partial charge in [0.15, 0.2) is 0 Å². The standard InChI is InChI=1S/C18H14FNS/c1-21-18-10-16(12-6-8-13(19)9-7-12)14-4-2-3-5-15(14)17(18)11-20/h3,5-10H,2,4H2,1H3. The molecule has 0 spiro atoms. The molecule has 0 aliphatic heterocycles. The van der Waals surface area contributed by atoms with Crippen molar-refractivity contribution >= 4 is 17.8 Å². The monoisotopic (exact) mass is 295 g/mol. The SMILES string of the molecule is CSc1cc(-c2ccc(F)cc2)c2c(c1C#N)C=CCC2. The number of benzene rings is 2. The average molecular weight is 295 g/mol. The maximum absolute atomic E-state index is 13.1. The van der Waals surface area contributed by atoms with E-state index in [-0.39, 0.29) is 5.82 Å². The van der Waals surface area contributed by atoms with E-state index in [4.69, 9.17) is 0 Å². The Morgan fingerprint density at radius 3 is 2.67 bits per heavy atom. The fourth-order valence-electron chi connectivity index (χ4n) is 2.76. The first-order chi connectivity index (χ1) is 10.2. The maximum atomic E-state index is 13.1. The van der Waals surface area contributed by atoms with Crippen LogP contribution in [0.3, 0.4) is 0 Å². The molecule has 104 valence electrons. The Morgan fingerprint density at radius 1 is 1.24 bits per heavy atom. The molecule has 3 heteroatoms. The summed E-state index contributed by atoms with van der Waals surface area (Å²) in [5, 5.41) is 9.46. The van der Waals surface area contributed by atoms with Crippen molar-refractivity contribution in [2.75, 3.05) is 6.26 Å². The summed E-state index contributed by atoms with van der Waals surface area (Å²) >= 11 is 1.57. The molecule has 1 nitrogen and oxygen atoms in total. The van der Waals surface area contributed by atoms with Gasteiger partial charge in [-0.2, -0.15) is 5.26 Å². The summed E-state index contributed by atoms with van der Waals surface area (Å²) in [6.07, 6.45) is 8.03. The van der Waals surface area contributed by atoms with Crippen molar-refractivity contribution in [3.8, 4) is 17.2 Å². The predicted octanol–water partition coefficient (Wildman–Crippen LogP) is 5.05. The van der Waals surface area contributed by atoms with E-state index in [1.54, 1.807) is 23.9 Å². The zero-order valence-corrected chi connectivity index (χ0v) is 12.5. The Balaban J connectivity index is 2.28. The molecule has 0 saturated heterocycles. The van der Waals surface area contributed by atoms with E-state index in [1.165, 1.54) is 17.7 Å². The number of hydrogen-bond acceptors (Lipinski definition) is 2. The largest absolute Gasteiger partial charge is 0.207 e. The topological polar surface area (TPSA) is 23.8 Å². The van der Waals surface area contributed by atoms with Crippen LogP contribution < -0.4 is 0 Å². The lowest BCUT2D eigenvalue weighted by Gasteiger charge is -2.19. The van der Waals surface area contributed by atoms with Crippen molar-refractivity contribution in [1.29, 1.82) is 5.26 Å². The third-order valence-corrected chi connectivity index (χ3v) is 4.54. The number of fused-ring (bicyclic) bond motifs is 1. The lowest BCUT2D eigenvalue weighted by atomic mass is 9.87. The van der Waals surface area contributed by atoms with Gasteiger partial charge in [-0.25, -0.2) is 4.39 Å². The van der Waals surface area contributed by atoms with Gasteiger partial charge in [0.2, 0.25) is 0 Å². The molecule has 3 rings (SSSR count). The quantitative estimate of drug-likeness (QED) is 0.724. The summed E-state index contributed by atoms with van der Waals surface area (Å²) in [6, 6.07) is 11.0. The van der Waals surface area contributed by atoms with E-state index in [0.29, 0.717) is 0 Å². The van der Waals surface area contributed by atoms with E-state index in [2.05, 4.69) is 18.2 Å². The summed E-state index contributed by atoms with van der Waals surface area (Å²) in [5.74, 6) is -0.230. The van der Waals surface area contributed by atoms with Gasteiger partial charge in [0.1, 0.15) is 11.9 Å². The molecule has 1 aliphatic carbocycles. The van der Waals surface area contributed by atoms with Crippen LogP contribution in [0.4, 0.5) is 4.39 Å². The van der Waals surface area contributed by atoms with E-state index >= 15 is 0 Å². The lowest BCUT2D eigenvalue weighted by Crippen LogP contribution is -2.02. The van der Waals surface area contributed by atoms with E-state index in [9.17, 15) is 9.65 Å². The number of allylic oxidation sites excluding steroid dienone is 1. The van der Waals surface area contributed by atoms with E-state index in [0.717, 1.165) is 40.0 Å². The van der Waals surface area contributed by atoms with Crippen molar-refractivity contribution in [3.05, 3.63) is 58.9 Å². The van der Waals surface area contributed by atoms with E-state index in [1.807, 2.05) is 12.3 Å². The smallest absolute Gasteiger partial charge is 0.123 e. The van der Waals surface area contributed by atoms with Gasteiger partial charge in [-0.15, -0.1) is 11.8 Å². The Morgan fingerprint density at radius 2 is 2.00 bits per heavy atom. The molecule has 0 heterocycles. The molecule has 0 amide bonds. The lowest BCUT2D eigenvalue weighted by molar-refractivity contribution is 0.628. The van der Waals surface area contributed by atoms with Gasteiger partial charge in [0.25, 0.3) is 0 Å². The maximum Gasteiger partial charge on any atom is 0.123 e. The van der Waals surface area contributed by atoms with Crippen LogP contribution in [0, 0.1) is 17.1 Å². The van der Waals surface area contributed by atoms with Crippen LogP contribution in [0.25, 0.3) is 17.2 Å². The highest BCUT2D eigenvalue weighted by Gasteiger charge is 2.18. The summed E-state index contributed by atoms with van der Waals surface area (Å²) < 4.78 is 13.1. The van der Waals surface area contributed by atoms with Gasteiger partial charge in [-0.1, -0.05) is 24.3 Å². The first-order valence-corrected chi connectivity index (χ1v) is 8.03. The Hall–Kier alpha value is -2.05. The number of hydrogen-bond donors (Lipinski definition) is 0. The summed E-state index contributed by atoms with van der Waals surface area (Å²) in [6.45, 7) is 0. The minimum absolute atomic E-state index is 0.230. The molecule has 0 unspecified atom stereocenters. The van der Waals surface area contributed by atoms with Crippen molar-refractivity contribution in [1.82, 2.24) is 0 Å². The number of nitriles is 1. The molecule has 0 bridgehead atoms. The molecule has 0 aromatic heterocycles. The van der Waals surface area contributed by atoms with Crippen LogP contribution in [0.2, 0.25) is 0 Å². The molecule has 1 aliphatic rings. The average Bonchev–Trinajstić information content (AvgIpc) is 2.54. The molecule has 0 radical (unpaired) electrons. The highest BCUT2D eigenvalue weighted by Crippen LogP contribution is 2.37. The van der Waals surface area contributed by atoms with Crippen molar-refractivity contribution in [2.45, 2.75) is 17.7 Å². The van der Waals surface area contributed by atoms with Gasteiger partial charge in [-0.05, 0) is 59.6 Å². The third kappa shape index (κ3) is 2.48. The fraction of sp³-hybridized carbons (Fsp3) is 0.167. The van der Waals surface area contributed by atoms with Crippen LogP contribution >= 0.6 is 11.8 Å². The second-order valence-electron chi connectivity index (χ2n) is 4.95. The van der Waals surface area contributed by atoms with Gasteiger partial charge in [0, 0.05) is 4.90 Å². The van der Waals surface area contributed by atoms with Crippen molar-refractivity contribution in [3.63, 3.8) is 0 Å². The van der Waals surface area contributed by atoms with Crippen LogP contribution in [0.5, 0.6) is 0 Å². The number of halogens is 1. The summed E-state index contributed by atoms with van der Waals surface area (Å²) in [5.41, 5.74) is 5.08. The number of rotatable bonds is 2. The second kappa shape index (κ2) is 5.75. The van der Waals surface area contributed by atoms with Gasteiger partial charge < -0.3 is 0 Å². The molecule has 21 heavy (non-hydrogen) atoms. The minimum Gasteiger partial charge on any atom is -0.207 e. The highest BCUT2D eigenvalue weighted by atomic mass is 32.2. The van der Waals surface area contributed by atoms with Gasteiger partial charge in [0.05, 0.1) is 5.56 Å². The number of thioether (sulfide) groups is 1. The fourth-order valence-corrected chi connectivity index (χ4v) is 3.36. The van der Waals surface area contributed by atoms with Crippen molar-refractivity contribution in [2.24, 2.45) is 0 Å². The molecule has 0 atom stereocenters. The molecule has 2 aromatic carbocycles. The van der Waals surface area contributed by atoms with Crippen LogP contribution in [-0.4, -0.2) is 6.26 Å². The molecule has 0 fully saturated rings. The zero-order chi connectivity index (χ0) is 14.8. The first-order valence-electron chi connectivity index (χ1n) is 6.81. The Labute approximate surface area is 128 Å². The summed E-state index contributed by atoms with van der Waals surface area (Å²) in [4.78, 5) is 0.974.